The molecule has 1 atom stereocenters. The Bertz CT molecular complexity index is 500. The molecule has 1 aromatic heterocycles. The lowest BCUT2D eigenvalue weighted by atomic mass is 10.2. The second-order valence-electron chi connectivity index (χ2n) is 3.82. The van der Waals surface area contributed by atoms with Crippen LogP contribution in [0.2, 0.25) is 0 Å². The van der Waals surface area contributed by atoms with Crippen LogP contribution in [-0.4, -0.2) is 39.0 Å². The van der Waals surface area contributed by atoms with Crippen LogP contribution in [0.15, 0.2) is 16.1 Å². The highest BCUT2D eigenvalue weighted by Crippen LogP contribution is 2.20. The van der Waals surface area contributed by atoms with Crippen LogP contribution in [0.4, 0.5) is 0 Å². The minimum absolute atomic E-state index is 0.0246. The summed E-state index contributed by atoms with van der Waals surface area (Å²) in [7, 11) is 0. The summed E-state index contributed by atoms with van der Waals surface area (Å²) >= 11 is 1.50. The smallest absolute Gasteiger partial charge is 0.267 e. The van der Waals surface area contributed by atoms with E-state index in [1.54, 1.807) is 6.92 Å². The molecule has 0 fully saturated rings. The quantitative estimate of drug-likeness (QED) is 0.709. The molecule has 2 rings (SSSR count). The number of carbonyl (C=O) groups excluding carboxylic acids is 1. The molecule has 0 spiro atoms. The summed E-state index contributed by atoms with van der Waals surface area (Å²) in [6.07, 6.45) is 1.30. The van der Waals surface area contributed by atoms with Gasteiger partial charge in [0.15, 0.2) is 5.16 Å². The molecule has 0 bridgehead atoms. The number of carbonyl (C=O) groups is 1. The standard InChI is InChI=1S/C10H13N3O3S/c1-6(5-14)12-8(15)7-4-11-10-13(9(7)16)2-3-17-10/h4,6,14H,2-3,5H2,1H3,(H,12,15)/t6-/m0/s1. The fourth-order valence-electron chi connectivity index (χ4n) is 1.52. The molecule has 0 saturated heterocycles. The third-order valence-electron chi connectivity index (χ3n) is 2.45. The highest BCUT2D eigenvalue weighted by Gasteiger charge is 2.20. The molecule has 0 aliphatic carbocycles. The first-order valence-electron chi connectivity index (χ1n) is 5.28. The van der Waals surface area contributed by atoms with Crippen molar-refractivity contribution in [3.05, 3.63) is 22.1 Å². The van der Waals surface area contributed by atoms with E-state index in [1.165, 1.54) is 22.5 Å². The van der Waals surface area contributed by atoms with Crippen LogP contribution < -0.4 is 10.9 Å². The first-order chi connectivity index (χ1) is 8.13. The Balaban J connectivity index is 2.28. The molecule has 0 saturated carbocycles. The Kier molecular flexibility index (Phi) is 3.49. The van der Waals surface area contributed by atoms with Gasteiger partial charge in [-0.1, -0.05) is 11.8 Å². The van der Waals surface area contributed by atoms with Crippen molar-refractivity contribution >= 4 is 17.7 Å². The van der Waals surface area contributed by atoms with E-state index in [0.717, 1.165) is 5.75 Å². The highest BCUT2D eigenvalue weighted by molar-refractivity contribution is 7.99. The van der Waals surface area contributed by atoms with Gasteiger partial charge < -0.3 is 10.4 Å². The molecule has 92 valence electrons. The van der Waals surface area contributed by atoms with Gasteiger partial charge in [0.2, 0.25) is 0 Å². The number of nitrogens with zero attached hydrogens (tertiary/aromatic N) is 2. The molecule has 1 aliphatic rings. The van der Waals surface area contributed by atoms with E-state index in [-0.39, 0.29) is 23.8 Å². The molecular formula is C10H13N3O3S. The van der Waals surface area contributed by atoms with Crippen LogP contribution in [0, 0.1) is 0 Å². The Labute approximate surface area is 102 Å². The van der Waals surface area contributed by atoms with E-state index >= 15 is 0 Å². The lowest BCUT2D eigenvalue weighted by molar-refractivity contribution is 0.0919. The molecule has 1 aliphatic heterocycles. The van der Waals surface area contributed by atoms with Crippen molar-refractivity contribution in [1.82, 2.24) is 14.9 Å². The van der Waals surface area contributed by atoms with Crippen molar-refractivity contribution in [2.75, 3.05) is 12.4 Å². The summed E-state index contributed by atoms with van der Waals surface area (Å²) in [6, 6.07) is -0.380. The predicted octanol–water partition coefficient (Wildman–Crippen LogP) is -0.540. The number of hydrogen-bond donors (Lipinski definition) is 2. The maximum Gasteiger partial charge on any atom is 0.267 e. The molecule has 2 N–H and O–H groups in total. The molecule has 0 aromatic carbocycles. The minimum atomic E-state index is -0.490. The summed E-state index contributed by atoms with van der Waals surface area (Å²) < 4.78 is 1.50. The number of rotatable bonds is 3. The van der Waals surface area contributed by atoms with Gasteiger partial charge in [-0.2, -0.15) is 0 Å². The van der Waals surface area contributed by atoms with Gasteiger partial charge in [-0.15, -0.1) is 0 Å². The van der Waals surface area contributed by atoms with Crippen LogP contribution in [0.5, 0.6) is 0 Å². The van der Waals surface area contributed by atoms with Gasteiger partial charge >= 0.3 is 0 Å². The lowest BCUT2D eigenvalue weighted by Gasteiger charge is -2.10. The summed E-state index contributed by atoms with van der Waals surface area (Å²) in [5.74, 6) is 0.316. The van der Waals surface area contributed by atoms with E-state index in [0.29, 0.717) is 11.7 Å². The SMILES string of the molecule is C[C@@H](CO)NC(=O)c1cnc2n(c1=O)CCS2. The second kappa shape index (κ2) is 4.89. The number of nitrogens with one attached hydrogen (secondary N) is 1. The van der Waals surface area contributed by atoms with E-state index in [9.17, 15) is 9.59 Å². The summed E-state index contributed by atoms with van der Waals surface area (Å²) in [4.78, 5) is 27.8. The van der Waals surface area contributed by atoms with E-state index in [2.05, 4.69) is 10.3 Å². The maximum atomic E-state index is 12.0. The second-order valence-corrected chi connectivity index (χ2v) is 4.88. The van der Waals surface area contributed by atoms with Gasteiger partial charge in [-0.25, -0.2) is 4.98 Å². The average molecular weight is 255 g/mol. The van der Waals surface area contributed by atoms with Crippen molar-refractivity contribution in [2.45, 2.75) is 24.7 Å². The first kappa shape index (κ1) is 12.1. The van der Waals surface area contributed by atoms with Gasteiger partial charge in [0, 0.05) is 24.5 Å². The Hall–Kier alpha value is -1.34. The molecule has 0 unspecified atom stereocenters. The zero-order valence-electron chi connectivity index (χ0n) is 9.34. The van der Waals surface area contributed by atoms with Crippen molar-refractivity contribution in [3.8, 4) is 0 Å². The van der Waals surface area contributed by atoms with Gasteiger partial charge in [0.1, 0.15) is 5.56 Å². The maximum absolute atomic E-state index is 12.0. The molecule has 1 aromatic rings. The Morgan fingerprint density at radius 2 is 2.53 bits per heavy atom. The molecule has 7 heteroatoms. The van der Waals surface area contributed by atoms with Gasteiger partial charge in [0.05, 0.1) is 6.61 Å². The van der Waals surface area contributed by atoms with Crippen molar-refractivity contribution in [3.63, 3.8) is 0 Å². The number of hydrogen-bond acceptors (Lipinski definition) is 5. The number of fused-ring (bicyclic) bond motifs is 1. The number of aliphatic hydroxyl groups excluding tert-OH is 1. The van der Waals surface area contributed by atoms with E-state index < -0.39 is 5.91 Å². The van der Waals surface area contributed by atoms with Crippen molar-refractivity contribution in [2.24, 2.45) is 0 Å². The number of aromatic nitrogens is 2. The average Bonchev–Trinajstić information content (AvgIpc) is 2.78. The van der Waals surface area contributed by atoms with Gasteiger partial charge in [-0.3, -0.25) is 14.2 Å². The highest BCUT2D eigenvalue weighted by atomic mass is 32.2. The van der Waals surface area contributed by atoms with Crippen LogP contribution in [0.3, 0.4) is 0 Å². The van der Waals surface area contributed by atoms with Gasteiger partial charge in [-0.05, 0) is 6.92 Å². The third-order valence-corrected chi connectivity index (χ3v) is 3.42. The molecule has 1 amide bonds. The van der Waals surface area contributed by atoms with Crippen LogP contribution in [0.1, 0.15) is 17.3 Å². The van der Waals surface area contributed by atoms with Crippen LogP contribution in [-0.2, 0) is 6.54 Å². The topological polar surface area (TPSA) is 84.2 Å². The minimum Gasteiger partial charge on any atom is -0.394 e. The largest absolute Gasteiger partial charge is 0.394 e. The van der Waals surface area contributed by atoms with Crippen LogP contribution >= 0.6 is 11.8 Å². The first-order valence-corrected chi connectivity index (χ1v) is 6.26. The molecule has 2 heterocycles. The normalized spacial score (nSPS) is 15.4. The number of thioether (sulfide) groups is 1. The van der Waals surface area contributed by atoms with Crippen molar-refractivity contribution in [1.29, 1.82) is 0 Å². The molecular weight excluding hydrogens is 242 g/mol. The van der Waals surface area contributed by atoms with Crippen LogP contribution in [0.25, 0.3) is 0 Å². The number of amides is 1. The fraction of sp³-hybridized carbons (Fsp3) is 0.500. The molecule has 6 nitrogen and oxygen atoms in total. The van der Waals surface area contributed by atoms with Gasteiger partial charge in [0.25, 0.3) is 11.5 Å². The monoisotopic (exact) mass is 255 g/mol. The molecule has 17 heavy (non-hydrogen) atoms. The summed E-state index contributed by atoms with van der Waals surface area (Å²) in [5.41, 5.74) is -0.292. The lowest BCUT2D eigenvalue weighted by Crippen LogP contribution is -2.39. The number of aliphatic hydroxyl groups is 1. The predicted molar refractivity (Wildman–Crippen MR) is 63.2 cm³/mol. The summed E-state index contributed by atoms with van der Waals surface area (Å²) in [5, 5.41) is 12.0. The van der Waals surface area contributed by atoms with Crippen molar-refractivity contribution < 1.29 is 9.90 Å². The Morgan fingerprint density at radius 1 is 1.76 bits per heavy atom. The fourth-order valence-corrected chi connectivity index (χ4v) is 2.43. The van der Waals surface area contributed by atoms with E-state index in [4.69, 9.17) is 5.11 Å². The Morgan fingerprint density at radius 3 is 3.24 bits per heavy atom. The molecule has 0 radical (unpaired) electrons. The zero-order valence-corrected chi connectivity index (χ0v) is 10.2. The summed E-state index contributed by atoms with van der Waals surface area (Å²) in [6.45, 7) is 2.08. The van der Waals surface area contributed by atoms with E-state index in [1.807, 2.05) is 0 Å². The third kappa shape index (κ3) is 2.34. The zero-order chi connectivity index (χ0) is 12.4.